The summed E-state index contributed by atoms with van der Waals surface area (Å²) in [4.78, 5) is 19.5. The highest BCUT2D eigenvalue weighted by Gasteiger charge is 2.35. The van der Waals surface area contributed by atoms with Gasteiger partial charge in [0.15, 0.2) is 4.80 Å². The van der Waals surface area contributed by atoms with Crippen LogP contribution < -0.4 is 14.9 Å². The van der Waals surface area contributed by atoms with Gasteiger partial charge in [0.1, 0.15) is 11.6 Å². The van der Waals surface area contributed by atoms with Crippen molar-refractivity contribution in [2.75, 3.05) is 0 Å². The fraction of sp³-hybridized carbons (Fsp3) is 0.161. The van der Waals surface area contributed by atoms with Gasteiger partial charge in [0.2, 0.25) is 0 Å². The lowest BCUT2D eigenvalue weighted by Crippen LogP contribution is -2.40. The maximum absolute atomic E-state index is 13.9. The Balaban J connectivity index is 1.59. The lowest BCUT2D eigenvalue weighted by atomic mass is 9.77. The molecule has 3 aromatic carbocycles. The average molecular weight is 545 g/mol. The van der Waals surface area contributed by atoms with Crippen molar-refractivity contribution in [3.63, 3.8) is 0 Å². The molecule has 0 radical (unpaired) electrons. The average Bonchev–Trinajstić information content (AvgIpc) is 3.22. The summed E-state index contributed by atoms with van der Waals surface area (Å²) in [5.74, 6) is -0.445. The van der Waals surface area contributed by atoms with E-state index in [9.17, 15) is 13.6 Å². The summed E-state index contributed by atoms with van der Waals surface area (Å²) >= 11 is 7.38. The number of rotatable bonds is 3. The van der Waals surface area contributed by atoms with Crippen LogP contribution in [0, 0.1) is 17.6 Å². The summed E-state index contributed by atoms with van der Waals surface area (Å²) < 4.78 is 29.7. The Morgan fingerprint density at radius 3 is 2.21 bits per heavy atom. The van der Waals surface area contributed by atoms with Crippen LogP contribution in [0.1, 0.15) is 42.5 Å². The van der Waals surface area contributed by atoms with Crippen LogP contribution in [0.2, 0.25) is 5.02 Å². The Hall–Kier alpha value is -3.61. The summed E-state index contributed by atoms with van der Waals surface area (Å²) in [7, 11) is 0. The van der Waals surface area contributed by atoms with Gasteiger partial charge in [-0.2, -0.15) is 0 Å². The van der Waals surface area contributed by atoms with E-state index in [0.29, 0.717) is 14.4 Å². The molecule has 0 saturated carbocycles. The van der Waals surface area contributed by atoms with Gasteiger partial charge in [0.05, 0.1) is 16.3 Å². The third kappa shape index (κ3) is 4.59. The highest BCUT2D eigenvalue weighted by molar-refractivity contribution is 7.07. The second kappa shape index (κ2) is 9.93. The number of allylic oxidation sites excluding steroid dienone is 2. The number of halogens is 3. The molecule has 4 aromatic rings. The Kier molecular flexibility index (Phi) is 6.46. The smallest absolute Gasteiger partial charge is 0.271 e. The predicted molar refractivity (Wildman–Crippen MR) is 149 cm³/mol. The van der Waals surface area contributed by atoms with Crippen LogP contribution >= 0.6 is 22.9 Å². The maximum atomic E-state index is 13.9. The van der Waals surface area contributed by atoms with E-state index in [4.69, 9.17) is 16.6 Å². The molecule has 3 nitrogen and oxygen atoms in total. The Morgan fingerprint density at radius 2 is 1.53 bits per heavy atom. The number of benzene rings is 3. The quantitative estimate of drug-likeness (QED) is 0.284. The van der Waals surface area contributed by atoms with Gasteiger partial charge in [-0.3, -0.25) is 9.36 Å². The minimum atomic E-state index is -0.402. The zero-order chi connectivity index (χ0) is 26.4. The van der Waals surface area contributed by atoms with Crippen molar-refractivity contribution in [2.45, 2.75) is 25.8 Å². The molecule has 0 spiro atoms. The molecule has 2 heterocycles. The highest BCUT2D eigenvalue weighted by Crippen LogP contribution is 2.44. The van der Waals surface area contributed by atoms with Crippen molar-refractivity contribution >= 4 is 35.1 Å². The van der Waals surface area contributed by atoms with Crippen molar-refractivity contribution in [1.29, 1.82) is 0 Å². The SMILES string of the molecule is CC1CC/C(=C\c2ccc(F)cc2)C2=C1C(c1ccc(F)cc1)n1c(sc(=Cc3ccc(Cl)cc3)c1=O)=N2. The van der Waals surface area contributed by atoms with Crippen LogP contribution in [0.3, 0.4) is 0 Å². The first kappa shape index (κ1) is 24.7. The molecule has 0 fully saturated rings. The van der Waals surface area contributed by atoms with E-state index < -0.39 is 6.04 Å². The van der Waals surface area contributed by atoms with Crippen LogP contribution in [0.5, 0.6) is 0 Å². The summed E-state index contributed by atoms with van der Waals surface area (Å²) in [6, 6.07) is 19.7. The fourth-order valence-electron chi connectivity index (χ4n) is 5.21. The molecule has 0 saturated heterocycles. The highest BCUT2D eigenvalue weighted by atomic mass is 35.5. The standard InChI is InChI=1S/C31H23ClF2N2OS/c1-18-2-7-22(16-19-5-12-24(33)13-6-19)28-27(18)29(21-8-14-25(34)15-9-21)36-30(37)26(38-31(36)35-28)17-20-3-10-23(32)11-4-20/h3-6,8-18,29H,2,7H2,1H3/b22-16+,26-17?. The van der Waals surface area contributed by atoms with Crippen LogP contribution in [0.25, 0.3) is 12.2 Å². The first-order chi connectivity index (χ1) is 18.4. The van der Waals surface area contributed by atoms with E-state index >= 15 is 0 Å². The number of fused-ring (bicyclic) bond motifs is 1. The molecule has 0 bridgehead atoms. The van der Waals surface area contributed by atoms with Crippen molar-refractivity contribution in [3.05, 3.63) is 143 Å². The second-order valence-corrected chi connectivity index (χ2v) is 11.1. The molecule has 1 aliphatic heterocycles. The van der Waals surface area contributed by atoms with Gasteiger partial charge in [-0.25, -0.2) is 13.8 Å². The first-order valence-electron chi connectivity index (χ1n) is 12.4. The van der Waals surface area contributed by atoms with Crippen molar-refractivity contribution in [3.8, 4) is 0 Å². The molecule has 2 atom stereocenters. The lowest BCUT2D eigenvalue weighted by molar-refractivity contribution is 0.476. The van der Waals surface area contributed by atoms with Gasteiger partial charge in [-0.1, -0.05) is 66.3 Å². The summed E-state index contributed by atoms with van der Waals surface area (Å²) in [5, 5.41) is 0.627. The number of aromatic nitrogens is 1. The normalized spacial score (nSPS) is 20.3. The van der Waals surface area contributed by atoms with Gasteiger partial charge in [0.25, 0.3) is 5.56 Å². The minimum Gasteiger partial charge on any atom is -0.272 e. The third-order valence-corrected chi connectivity index (χ3v) is 8.35. The molecule has 6 rings (SSSR count). The summed E-state index contributed by atoms with van der Waals surface area (Å²) in [6.07, 6.45) is 5.60. The predicted octanol–water partition coefficient (Wildman–Crippen LogP) is 6.66. The van der Waals surface area contributed by atoms with E-state index in [1.807, 2.05) is 24.3 Å². The van der Waals surface area contributed by atoms with Gasteiger partial charge < -0.3 is 0 Å². The number of nitrogens with zero attached hydrogens (tertiary/aromatic N) is 2. The zero-order valence-corrected chi connectivity index (χ0v) is 22.1. The van der Waals surface area contributed by atoms with E-state index in [0.717, 1.165) is 46.4 Å². The number of hydrogen-bond acceptors (Lipinski definition) is 3. The Labute approximate surface area is 227 Å². The molecule has 190 valence electrons. The molecular weight excluding hydrogens is 522 g/mol. The molecule has 1 aliphatic carbocycles. The molecule has 7 heteroatoms. The molecule has 38 heavy (non-hydrogen) atoms. The zero-order valence-electron chi connectivity index (χ0n) is 20.5. The van der Waals surface area contributed by atoms with Crippen LogP contribution in [0.4, 0.5) is 8.78 Å². The van der Waals surface area contributed by atoms with E-state index in [2.05, 4.69) is 6.92 Å². The first-order valence-corrected chi connectivity index (χ1v) is 13.6. The monoisotopic (exact) mass is 544 g/mol. The number of thiazole rings is 1. The fourth-order valence-corrected chi connectivity index (χ4v) is 6.34. The van der Waals surface area contributed by atoms with Crippen molar-refractivity contribution in [1.82, 2.24) is 4.57 Å². The van der Waals surface area contributed by atoms with Gasteiger partial charge >= 0.3 is 0 Å². The third-order valence-electron chi connectivity index (χ3n) is 7.12. The van der Waals surface area contributed by atoms with Crippen LogP contribution in [-0.4, -0.2) is 4.57 Å². The van der Waals surface area contributed by atoms with Gasteiger partial charge in [0, 0.05) is 5.02 Å². The van der Waals surface area contributed by atoms with E-state index in [1.54, 1.807) is 41.0 Å². The molecule has 2 unspecified atom stereocenters. The van der Waals surface area contributed by atoms with Crippen LogP contribution in [-0.2, 0) is 0 Å². The van der Waals surface area contributed by atoms with Crippen LogP contribution in [0.15, 0.2) is 99.4 Å². The van der Waals surface area contributed by atoms with E-state index in [1.165, 1.54) is 35.6 Å². The molecule has 0 amide bonds. The molecule has 1 aromatic heterocycles. The van der Waals surface area contributed by atoms with Crippen molar-refractivity contribution in [2.24, 2.45) is 10.9 Å². The largest absolute Gasteiger partial charge is 0.272 e. The topological polar surface area (TPSA) is 34.4 Å². The summed E-state index contributed by atoms with van der Waals surface area (Å²) in [5.41, 5.74) is 5.42. The minimum absolute atomic E-state index is 0.133. The molecular formula is C31H23ClF2N2OS. The van der Waals surface area contributed by atoms with Gasteiger partial charge in [-0.05, 0) is 95.1 Å². The molecule has 0 N–H and O–H groups in total. The van der Waals surface area contributed by atoms with Gasteiger partial charge in [-0.15, -0.1) is 0 Å². The summed E-state index contributed by atoms with van der Waals surface area (Å²) in [6.45, 7) is 2.15. The lowest BCUT2D eigenvalue weighted by Gasteiger charge is -2.34. The van der Waals surface area contributed by atoms with E-state index in [-0.39, 0.29) is 23.1 Å². The second-order valence-electron chi connectivity index (χ2n) is 9.65. The van der Waals surface area contributed by atoms with Crippen molar-refractivity contribution < 1.29 is 8.78 Å². The maximum Gasteiger partial charge on any atom is 0.271 e. The molecule has 2 aliphatic rings. The number of hydrogen-bond donors (Lipinski definition) is 0. The Bertz CT molecular complexity index is 1770. The Morgan fingerprint density at radius 1 is 0.921 bits per heavy atom.